The number of nitrogens with two attached hydrogens (primary N) is 1. The predicted molar refractivity (Wildman–Crippen MR) is 50.0 cm³/mol. The molecule has 13 heavy (non-hydrogen) atoms. The third kappa shape index (κ3) is 1.40. The number of nitrogen functional groups attached to an aromatic ring is 1. The van der Waals surface area contributed by atoms with Crippen LogP contribution in [-0.4, -0.2) is 12.5 Å². The van der Waals surface area contributed by atoms with Gasteiger partial charge in [-0.25, -0.2) is 0 Å². The Bertz CT molecular complexity index is 379. The summed E-state index contributed by atoms with van der Waals surface area (Å²) in [6.07, 6.45) is 0. The number of benzene rings is 1. The van der Waals surface area contributed by atoms with Crippen LogP contribution in [0.2, 0.25) is 5.02 Å². The van der Waals surface area contributed by atoms with E-state index in [2.05, 4.69) is 5.32 Å². The van der Waals surface area contributed by atoms with Crippen LogP contribution in [0.15, 0.2) is 12.1 Å². The van der Waals surface area contributed by atoms with Crippen LogP contribution in [0, 0.1) is 0 Å². The normalized spacial score (nSPS) is 14.4. The van der Waals surface area contributed by atoms with E-state index < -0.39 is 0 Å². The molecule has 2 rings (SSSR count). The number of carbonyl (C=O) groups is 1. The van der Waals surface area contributed by atoms with E-state index in [1.165, 1.54) is 0 Å². The Kier molecular flexibility index (Phi) is 1.77. The van der Waals surface area contributed by atoms with Crippen molar-refractivity contribution in [3.8, 4) is 5.75 Å². The van der Waals surface area contributed by atoms with E-state index in [1.54, 1.807) is 12.1 Å². The third-order valence-corrected chi connectivity index (χ3v) is 1.94. The monoisotopic (exact) mass is 198 g/mol. The third-order valence-electron chi connectivity index (χ3n) is 1.72. The first-order valence-electron chi connectivity index (χ1n) is 3.68. The van der Waals surface area contributed by atoms with E-state index >= 15 is 0 Å². The maximum absolute atomic E-state index is 10.9. The summed E-state index contributed by atoms with van der Waals surface area (Å²) in [5.74, 6) is 0.311. The molecule has 1 aliphatic heterocycles. The fraction of sp³-hybridized carbons (Fsp3) is 0.125. The van der Waals surface area contributed by atoms with Gasteiger partial charge in [-0.2, -0.15) is 0 Å². The van der Waals surface area contributed by atoms with Crippen LogP contribution in [0.5, 0.6) is 5.75 Å². The average Bonchev–Trinajstić information content (AvgIpc) is 2.06. The first-order valence-corrected chi connectivity index (χ1v) is 4.06. The second kappa shape index (κ2) is 2.81. The minimum absolute atomic E-state index is 0.00673. The van der Waals surface area contributed by atoms with Crippen LogP contribution in [-0.2, 0) is 4.79 Å². The van der Waals surface area contributed by atoms with Gasteiger partial charge in [0.25, 0.3) is 5.91 Å². The molecule has 1 aliphatic rings. The molecule has 1 aromatic rings. The van der Waals surface area contributed by atoms with Gasteiger partial charge in [0.1, 0.15) is 11.4 Å². The van der Waals surface area contributed by atoms with Gasteiger partial charge < -0.3 is 15.8 Å². The summed E-state index contributed by atoms with van der Waals surface area (Å²) < 4.78 is 5.12. The molecule has 0 spiro atoms. The predicted octanol–water partition coefficient (Wildman–Crippen LogP) is 1.25. The quantitative estimate of drug-likeness (QED) is 0.617. The molecule has 5 heteroatoms. The molecule has 1 heterocycles. The number of fused-ring (bicyclic) bond motifs is 1. The van der Waals surface area contributed by atoms with Gasteiger partial charge in [0.2, 0.25) is 0 Å². The van der Waals surface area contributed by atoms with Crippen LogP contribution in [0.1, 0.15) is 0 Å². The Morgan fingerprint density at radius 1 is 1.54 bits per heavy atom. The number of ether oxygens (including phenoxy) is 1. The largest absolute Gasteiger partial charge is 0.481 e. The molecule has 0 saturated carbocycles. The van der Waals surface area contributed by atoms with Gasteiger partial charge in [0.15, 0.2) is 6.61 Å². The molecular formula is C8H7ClN2O2. The number of amides is 1. The highest BCUT2D eigenvalue weighted by Crippen LogP contribution is 2.36. The lowest BCUT2D eigenvalue weighted by Gasteiger charge is -2.19. The molecule has 1 aromatic carbocycles. The van der Waals surface area contributed by atoms with Gasteiger partial charge in [0.05, 0.1) is 5.69 Å². The number of carbonyl (C=O) groups excluding carboxylic acids is 1. The van der Waals surface area contributed by atoms with E-state index in [0.717, 1.165) is 0 Å². The van der Waals surface area contributed by atoms with Crippen molar-refractivity contribution < 1.29 is 9.53 Å². The summed E-state index contributed by atoms with van der Waals surface area (Å²) in [7, 11) is 0. The Morgan fingerprint density at radius 3 is 3.08 bits per heavy atom. The standard InChI is InChI=1S/C8H7ClN2O2/c9-4-1-5(10)8-6(2-4)13-3-7(12)11-8/h1-2H,3,10H2,(H,11,12). The molecule has 0 fully saturated rings. The molecule has 0 atom stereocenters. The second-order valence-corrected chi connectivity index (χ2v) is 3.14. The van der Waals surface area contributed by atoms with Crippen LogP contribution in [0.25, 0.3) is 0 Å². The van der Waals surface area contributed by atoms with Crippen molar-refractivity contribution >= 4 is 28.9 Å². The fourth-order valence-electron chi connectivity index (χ4n) is 1.17. The molecular weight excluding hydrogens is 192 g/mol. The van der Waals surface area contributed by atoms with Crippen molar-refractivity contribution in [2.75, 3.05) is 17.7 Å². The topological polar surface area (TPSA) is 64.3 Å². The van der Waals surface area contributed by atoms with Gasteiger partial charge in [-0.3, -0.25) is 4.79 Å². The number of hydrogen-bond donors (Lipinski definition) is 2. The lowest BCUT2D eigenvalue weighted by atomic mass is 10.2. The van der Waals surface area contributed by atoms with Crippen LogP contribution >= 0.6 is 11.6 Å². The molecule has 0 saturated heterocycles. The highest BCUT2D eigenvalue weighted by atomic mass is 35.5. The summed E-state index contributed by atoms with van der Waals surface area (Å²) in [5, 5.41) is 3.10. The second-order valence-electron chi connectivity index (χ2n) is 2.71. The fourth-order valence-corrected chi connectivity index (χ4v) is 1.39. The van der Waals surface area contributed by atoms with E-state index in [-0.39, 0.29) is 12.5 Å². The molecule has 0 bridgehead atoms. The van der Waals surface area contributed by atoms with Crippen molar-refractivity contribution in [3.05, 3.63) is 17.2 Å². The molecule has 1 amide bonds. The van der Waals surface area contributed by atoms with Crippen LogP contribution < -0.4 is 15.8 Å². The maximum atomic E-state index is 10.9. The Morgan fingerprint density at radius 2 is 2.31 bits per heavy atom. The van der Waals surface area contributed by atoms with Crippen molar-refractivity contribution in [3.63, 3.8) is 0 Å². The highest BCUT2D eigenvalue weighted by Gasteiger charge is 2.18. The highest BCUT2D eigenvalue weighted by molar-refractivity contribution is 6.31. The number of anilines is 2. The average molecular weight is 199 g/mol. The first kappa shape index (κ1) is 8.19. The van der Waals surface area contributed by atoms with Gasteiger partial charge in [-0.1, -0.05) is 11.6 Å². The van der Waals surface area contributed by atoms with Gasteiger partial charge in [-0.05, 0) is 6.07 Å². The summed E-state index contributed by atoms with van der Waals surface area (Å²) in [6.45, 7) is 0.00673. The number of halogens is 1. The number of rotatable bonds is 0. The smallest absolute Gasteiger partial charge is 0.262 e. The van der Waals surface area contributed by atoms with Crippen molar-refractivity contribution in [2.45, 2.75) is 0 Å². The Hall–Kier alpha value is -1.42. The number of nitrogens with one attached hydrogen (secondary N) is 1. The first-order chi connectivity index (χ1) is 6.16. The zero-order valence-electron chi connectivity index (χ0n) is 6.63. The molecule has 4 nitrogen and oxygen atoms in total. The van der Waals surface area contributed by atoms with Crippen LogP contribution in [0.3, 0.4) is 0 Å². The Balaban J connectivity index is 2.53. The van der Waals surface area contributed by atoms with E-state index in [9.17, 15) is 4.79 Å². The molecule has 0 aromatic heterocycles. The zero-order valence-corrected chi connectivity index (χ0v) is 7.39. The van der Waals surface area contributed by atoms with Crippen molar-refractivity contribution in [1.82, 2.24) is 0 Å². The molecule has 0 unspecified atom stereocenters. The summed E-state index contributed by atoms with van der Waals surface area (Å²) in [4.78, 5) is 10.9. The van der Waals surface area contributed by atoms with Gasteiger partial charge >= 0.3 is 0 Å². The van der Waals surface area contributed by atoms with Gasteiger partial charge in [0, 0.05) is 11.1 Å². The maximum Gasteiger partial charge on any atom is 0.262 e. The SMILES string of the molecule is Nc1cc(Cl)cc2c1NC(=O)CO2. The summed E-state index contributed by atoms with van der Waals surface area (Å²) in [5.41, 5.74) is 6.54. The molecule has 0 aliphatic carbocycles. The van der Waals surface area contributed by atoms with Crippen molar-refractivity contribution in [2.24, 2.45) is 0 Å². The summed E-state index contributed by atoms with van der Waals surface area (Å²) >= 11 is 5.75. The van der Waals surface area contributed by atoms with E-state index in [4.69, 9.17) is 22.1 Å². The van der Waals surface area contributed by atoms with Crippen LogP contribution in [0.4, 0.5) is 11.4 Å². The van der Waals surface area contributed by atoms with E-state index in [0.29, 0.717) is 22.1 Å². The zero-order chi connectivity index (χ0) is 9.42. The molecule has 3 N–H and O–H groups in total. The van der Waals surface area contributed by atoms with E-state index in [1.807, 2.05) is 0 Å². The molecule has 0 radical (unpaired) electrons. The Labute approximate surface area is 79.6 Å². The minimum Gasteiger partial charge on any atom is -0.481 e. The lowest BCUT2D eigenvalue weighted by molar-refractivity contribution is -0.118. The molecule has 68 valence electrons. The lowest BCUT2D eigenvalue weighted by Crippen LogP contribution is -2.26. The van der Waals surface area contributed by atoms with Gasteiger partial charge in [-0.15, -0.1) is 0 Å². The minimum atomic E-state index is -0.207. The number of hydrogen-bond acceptors (Lipinski definition) is 3. The summed E-state index contributed by atoms with van der Waals surface area (Å²) in [6, 6.07) is 3.18. The van der Waals surface area contributed by atoms with Crippen molar-refractivity contribution in [1.29, 1.82) is 0 Å².